The second kappa shape index (κ2) is 7.40. The molecule has 1 saturated heterocycles. The first-order chi connectivity index (χ1) is 11.3. The van der Waals surface area contributed by atoms with E-state index >= 15 is 0 Å². The standard InChI is InChI=1S/C17H29N3O4/c1-18(2)16(24)20-11-7-13(8-12-20)14(21)19(3)17(15(22)23)9-5-4-6-10-17/h13H,4-12H2,1-3H3,(H,22,23). The molecule has 7 heteroatoms. The average molecular weight is 339 g/mol. The van der Waals surface area contributed by atoms with E-state index in [0.29, 0.717) is 38.8 Å². The molecule has 0 atom stereocenters. The van der Waals surface area contributed by atoms with Crippen LogP contribution in [-0.4, -0.2) is 77.5 Å². The van der Waals surface area contributed by atoms with E-state index in [2.05, 4.69) is 0 Å². The quantitative estimate of drug-likeness (QED) is 0.847. The number of likely N-dealkylation sites (N-methyl/N-ethyl adjacent to an activating group) is 1. The third kappa shape index (κ3) is 3.49. The van der Waals surface area contributed by atoms with Crippen LogP contribution in [-0.2, 0) is 9.59 Å². The van der Waals surface area contributed by atoms with Crippen molar-refractivity contribution in [3.05, 3.63) is 0 Å². The summed E-state index contributed by atoms with van der Waals surface area (Å²) in [5, 5.41) is 9.73. The van der Waals surface area contributed by atoms with Crippen molar-refractivity contribution in [2.75, 3.05) is 34.2 Å². The monoisotopic (exact) mass is 339 g/mol. The molecule has 2 rings (SSSR count). The zero-order chi connectivity index (χ0) is 17.9. The van der Waals surface area contributed by atoms with Crippen molar-refractivity contribution in [2.45, 2.75) is 50.5 Å². The highest BCUT2D eigenvalue weighted by molar-refractivity contribution is 5.88. The molecular formula is C17H29N3O4. The molecule has 0 bridgehead atoms. The Hall–Kier alpha value is -1.79. The van der Waals surface area contributed by atoms with E-state index in [1.165, 1.54) is 9.80 Å². The fourth-order valence-corrected chi connectivity index (χ4v) is 3.91. The van der Waals surface area contributed by atoms with E-state index in [4.69, 9.17) is 0 Å². The van der Waals surface area contributed by atoms with Gasteiger partial charge in [0, 0.05) is 40.2 Å². The van der Waals surface area contributed by atoms with Crippen LogP contribution in [0.1, 0.15) is 44.9 Å². The van der Waals surface area contributed by atoms with Gasteiger partial charge in [-0.2, -0.15) is 0 Å². The number of carbonyl (C=O) groups is 3. The van der Waals surface area contributed by atoms with Gasteiger partial charge in [0.1, 0.15) is 5.54 Å². The molecular weight excluding hydrogens is 310 g/mol. The van der Waals surface area contributed by atoms with Gasteiger partial charge in [0.25, 0.3) is 0 Å². The second-order valence-corrected chi connectivity index (χ2v) is 7.23. The Morgan fingerprint density at radius 2 is 1.54 bits per heavy atom. The fraction of sp³-hybridized carbons (Fsp3) is 0.824. The third-order valence-electron chi connectivity index (χ3n) is 5.55. The van der Waals surface area contributed by atoms with Crippen molar-refractivity contribution in [3.63, 3.8) is 0 Å². The Labute approximate surface area is 143 Å². The number of hydrogen-bond acceptors (Lipinski definition) is 3. The van der Waals surface area contributed by atoms with Gasteiger partial charge < -0.3 is 19.8 Å². The van der Waals surface area contributed by atoms with E-state index in [1.54, 1.807) is 26.0 Å². The van der Waals surface area contributed by atoms with Crippen LogP contribution in [0.3, 0.4) is 0 Å². The Bertz CT molecular complexity index is 492. The van der Waals surface area contributed by atoms with Gasteiger partial charge >= 0.3 is 12.0 Å². The van der Waals surface area contributed by atoms with Crippen molar-refractivity contribution in [2.24, 2.45) is 5.92 Å². The summed E-state index contributed by atoms with van der Waals surface area (Å²) in [6, 6.07) is -0.0384. The molecule has 0 aromatic carbocycles. The fourth-order valence-electron chi connectivity index (χ4n) is 3.91. The molecule has 1 aliphatic carbocycles. The molecule has 0 aromatic heterocycles. The van der Waals surface area contributed by atoms with E-state index in [-0.39, 0.29) is 17.9 Å². The Balaban J connectivity index is 2.01. The summed E-state index contributed by atoms with van der Waals surface area (Å²) in [4.78, 5) is 41.5. The lowest BCUT2D eigenvalue weighted by Gasteiger charge is -2.43. The second-order valence-electron chi connectivity index (χ2n) is 7.23. The number of carbonyl (C=O) groups excluding carboxylic acids is 2. The molecule has 0 unspecified atom stereocenters. The van der Waals surface area contributed by atoms with Crippen molar-refractivity contribution >= 4 is 17.9 Å². The van der Waals surface area contributed by atoms with Crippen LogP contribution in [0.5, 0.6) is 0 Å². The zero-order valence-corrected chi connectivity index (χ0v) is 15.0. The molecule has 1 heterocycles. The van der Waals surface area contributed by atoms with Gasteiger partial charge in [0.05, 0.1) is 0 Å². The van der Waals surface area contributed by atoms with Crippen LogP contribution in [0.4, 0.5) is 4.79 Å². The number of amides is 3. The normalized spacial score (nSPS) is 21.2. The van der Waals surface area contributed by atoms with E-state index < -0.39 is 11.5 Å². The van der Waals surface area contributed by atoms with Crippen LogP contribution >= 0.6 is 0 Å². The molecule has 0 aromatic rings. The molecule has 3 amide bonds. The summed E-state index contributed by atoms with van der Waals surface area (Å²) >= 11 is 0. The zero-order valence-electron chi connectivity index (χ0n) is 15.0. The van der Waals surface area contributed by atoms with E-state index in [0.717, 1.165) is 19.3 Å². The molecule has 7 nitrogen and oxygen atoms in total. The first-order valence-electron chi connectivity index (χ1n) is 8.77. The topological polar surface area (TPSA) is 81.2 Å². The molecule has 1 aliphatic heterocycles. The minimum absolute atomic E-state index is 0.0384. The number of nitrogens with zero attached hydrogens (tertiary/aromatic N) is 3. The predicted octanol–water partition coefficient (Wildman–Crippen LogP) is 1.63. The van der Waals surface area contributed by atoms with Gasteiger partial charge in [0.2, 0.25) is 5.91 Å². The first kappa shape index (κ1) is 18.5. The van der Waals surface area contributed by atoms with Crippen LogP contribution in [0.15, 0.2) is 0 Å². The van der Waals surface area contributed by atoms with Crippen LogP contribution in [0, 0.1) is 5.92 Å². The highest BCUT2D eigenvalue weighted by atomic mass is 16.4. The minimum Gasteiger partial charge on any atom is -0.479 e. The number of hydrogen-bond donors (Lipinski definition) is 1. The molecule has 1 N–H and O–H groups in total. The summed E-state index contributed by atoms with van der Waals surface area (Å²) in [5.41, 5.74) is -1.05. The predicted molar refractivity (Wildman–Crippen MR) is 89.6 cm³/mol. The third-order valence-corrected chi connectivity index (χ3v) is 5.55. The van der Waals surface area contributed by atoms with Gasteiger partial charge in [-0.25, -0.2) is 9.59 Å². The number of carboxylic acids is 1. The first-order valence-corrected chi connectivity index (χ1v) is 8.77. The molecule has 0 spiro atoms. The lowest BCUT2D eigenvalue weighted by molar-refractivity contribution is -0.162. The summed E-state index contributed by atoms with van der Waals surface area (Å²) in [6.45, 7) is 1.09. The molecule has 1 saturated carbocycles. The van der Waals surface area contributed by atoms with Crippen molar-refractivity contribution in [1.29, 1.82) is 0 Å². The van der Waals surface area contributed by atoms with Crippen molar-refractivity contribution in [3.8, 4) is 0 Å². The maximum Gasteiger partial charge on any atom is 0.329 e. The highest BCUT2D eigenvalue weighted by Gasteiger charge is 2.47. The summed E-state index contributed by atoms with van der Waals surface area (Å²) in [7, 11) is 5.07. The Morgan fingerprint density at radius 1 is 1.00 bits per heavy atom. The SMILES string of the molecule is CN(C)C(=O)N1CCC(C(=O)N(C)C2(C(=O)O)CCCCC2)CC1. The summed E-state index contributed by atoms with van der Waals surface area (Å²) in [6.07, 6.45) is 4.98. The van der Waals surface area contributed by atoms with Gasteiger partial charge in [-0.05, 0) is 25.7 Å². The number of likely N-dealkylation sites (tertiary alicyclic amines) is 1. The molecule has 0 radical (unpaired) electrons. The maximum atomic E-state index is 12.9. The van der Waals surface area contributed by atoms with Crippen LogP contribution < -0.4 is 0 Å². The number of carboxylic acid groups (broad SMARTS) is 1. The Morgan fingerprint density at radius 3 is 2.00 bits per heavy atom. The van der Waals surface area contributed by atoms with E-state index in [9.17, 15) is 19.5 Å². The number of piperidine rings is 1. The lowest BCUT2D eigenvalue weighted by Crippen LogP contribution is -2.58. The highest BCUT2D eigenvalue weighted by Crippen LogP contribution is 2.35. The van der Waals surface area contributed by atoms with Gasteiger partial charge in [-0.15, -0.1) is 0 Å². The number of aliphatic carboxylic acids is 1. The minimum atomic E-state index is -1.05. The van der Waals surface area contributed by atoms with E-state index in [1.807, 2.05) is 0 Å². The van der Waals surface area contributed by atoms with Crippen molar-refractivity contribution in [1.82, 2.24) is 14.7 Å². The molecule has 2 aliphatic rings. The maximum absolute atomic E-state index is 12.9. The van der Waals surface area contributed by atoms with Crippen LogP contribution in [0.25, 0.3) is 0 Å². The van der Waals surface area contributed by atoms with Crippen LogP contribution in [0.2, 0.25) is 0 Å². The number of rotatable bonds is 3. The summed E-state index contributed by atoms with van der Waals surface area (Å²) < 4.78 is 0. The molecule has 136 valence electrons. The molecule has 24 heavy (non-hydrogen) atoms. The largest absolute Gasteiger partial charge is 0.479 e. The molecule has 2 fully saturated rings. The number of urea groups is 1. The lowest BCUT2D eigenvalue weighted by atomic mass is 9.79. The average Bonchev–Trinajstić information content (AvgIpc) is 2.60. The van der Waals surface area contributed by atoms with Gasteiger partial charge in [-0.3, -0.25) is 4.79 Å². The van der Waals surface area contributed by atoms with Gasteiger partial charge in [-0.1, -0.05) is 19.3 Å². The smallest absolute Gasteiger partial charge is 0.329 e. The Kier molecular flexibility index (Phi) is 5.72. The van der Waals surface area contributed by atoms with Gasteiger partial charge in [0.15, 0.2) is 0 Å². The van der Waals surface area contributed by atoms with Crippen molar-refractivity contribution < 1.29 is 19.5 Å². The summed E-state index contributed by atoms with van der Waals surface area (Å²) in [5.74, 6) is -1.17.